The molecule has 8 nitrogen and oxygen atoms in total. The van der Waals surface area contributed by atoms with Gasteiger partial charge in [-0.3, -0.25) is 4.18 Å². The highest BCUT2D eigenvalue weighted by Gasteiger charge is 2.20. The Hall–Kier alpha value is -0.810. The van der Waals surface area contributed by atoms with Crippen molar-refractivity contribution < 1.29 is 36.2 Å². The Morgan fingerprint density at radius 3 is 1.06 bits per heavy atom. The first-order valence-corrected chi connectivity index (χ1v) is 23.5. The summed E-state index contributed by atoms with van der Waals surface area (Å²) in [5.74, 6) is 0. The van der Waals surface area contributed by atoms with Crippen LogP contribution in [0.1, 0.15) is 194 Å². The molecule has 0 aromatic rings. The van der Waals surface area contributed by atoms with Gasteiger partial charge in [0.15, 0.2) is 0 Å². The number of hydrogen-bond donors (Lipinski definition) is 1. The minimum Gasteiger partial charge on any atom is -0.726 e. The number of hydrogen-bond acceptors (Lipinski definition) is 7. The Bertz CT molecular complexity index is 818. The quantitative estimate of drug-likeness (QED) is 0.0217. The smallest absolute Gasteiger partial charge is 0.217 e. The summed E-state index contributed by atoms with van der Waals surface area (Å²) in [6.07, 6.45) is 47.1. The number of aliphatic hydroxyl groups is 1. The topological polar surface area (TPSA) is 105 Å². The summed E-state index contributed by atoms with van der Waals surface area (Å²) in [5, 5.41) is 9.61. The normalized spacial score (nSPS) is 12.3. The highest BCUT2D eigenvalue weighted by atomic mass is 32.3. The summed E-state index contributed by atoms with van der Waals surface area (Å²) < 4.78 is 43.8. The van der Waals surface area contributed by atoms with Gasteiger partial charge in [0, 0.05) is 13.2 Å². The van der Waals surface area contributed by atoms with Crippen LogP contribution in [0.3, 0.4) is 0 Å². The third-order valence-corrected chi connectivity index (χ3v) is 10.4. The largest absolute Gasteiger partial charge is 0.726 e. The fourth-order valence-corrected chi connectivity index (χ4v) is 6.25. The molecule has 1 N–H and O–H groups in total. The summed E-state index contributed by atoms with van der Waals surface area (Å²) in [4.78, 5) is 0. The lowest BCUT2D eigenvalue weighted by atomic mass is 10.1. The molecule has 9 heteroatoms. The number of aliphatic hydroxyl groups excluding tert-OH is 1. The van der Waals surface area contributed by atoms with Crippen LogP contribution < -0.4 is 0 Å². The lowest BCUT2D eigenvalue weighted by molar-refractivity contribution is -0.910. The van der Waals surface area contributed by atoms with Crippen molar-refractivity contribution in [3.8, 4) is 0 Å². The number of ether oxygens (including phenoxy) is 2. The van der Waals surface area contributed by atoms with Gasteiger partial charge >= 0.3 is 0 Å². The van der Waals surface area contributed by atoms with Crippen molar-refractivity contribution in [3.05, 3.63) is 24.3 Å². The highest BCUT2D eigenvalue weighted by Crippen LogP contribution is 2.12. The average Bonchev–Trinajstić information content (AvgIpc) is 3.13. The van der Waals surface area contributed by atoms with E-state index in [1.54, 1.807) is 0 Å². The van der Waals surface area contributed by atoms with Gasteiger partial charge in [-0.2, -0.15) is 0 Å². The van der Waals surface area contributed by atoms with E-state index >= 15 is 0 Å². The zero-order chi connectivity index (χ0) is 39.4. The maximum Gasteiger partial charge on any atom is 0.217 e. The molecule has 0 unspecified atom stereocenters. The highest BCUT2D eigenvalue weighted by molar-refractivity contribution is 7.80. The summed E-state index contributed by atoms with van der Waals surface area (Å²) in [6.45, 7) is 10.7. The first kappa shape index (κ1) is 54.3. The summed E-state index contributed by atoms with van der Waals surface area (Å²) in [7, 11) is -1.37. The fourth-order valence-electron chi connectivity index (χ4n) is 6.25. The number of likely N-dealkylation sites (N-methyl/N-ethyl adjacent to an activating group) is 1. The molecule has 0 atom stereocenters. The number of allylic oxidation sites excluding steroid dienone is 4. The number of quaternary nitrogens is 1. The Kier molecular flexibility index (Phi) is 45.0. The summed E-state index contributed by atoms with van der Waals surface area (Å²) >= 11 is 0. The molecule has 0 amide bonds. The first-order valence-electron chi connectivity index (χ1n) is 22.2. The van der Waals surface area contributed by atoms with Crippen LogP contribution in [0.25, 0.3) is 0 Å². The maximum absolute atomic E-state index is 9.61. The van der Waals surface area contributed by atoms with E-state index in [4.69, 9.17) is 9.47 Å². The van der Waals surface area contributed by atoms with Crippen molar-refractivity contribution in [2.45, 2.75) is 194 Å². The molecule has 0 saturated carbocycles. The van der Waals surface area contributed by atoms with E-state index in [-0.39, 0.29) is 6.61 Å². The van der Waals surface area contributed by atoms with Crippen molar-refractivity contribution in [2.75, 3.05) is 66.8 Å². The Morgan fingerprint density at radius 1 is 0.491 bits per heavy atom. The SMILES string of the molecule is CCCCCCCC/C=C\CCCCCCCCOCC[N+](C)(CCO)CCOCCCCCCCC/C=C\CCCCCCCC.COS(=O)(=O)[O-]. The molecule has 0 fully saturated rings. The van der Waals surface area contributed by atoms with Crippen molar-refractivity contribution >= 4 is 10.4 Å². The Morgan fingerprint density at radius 2 is 0.774 bits per heavy atom. The molecular weight excluding hydrogens is 687 g/mol. The van der Waals surface area contributed by atoms with Gasteiger partial charge in [-0.05, 0) is 64.2 Å². The van der Waals surface area contributed by atoms with Gasteiger partial charge in [0.1, 0.15) is 19.6 Å². The lowest BCUT2D eigenvalue weighted by Crippen LogP contribution is -2.50. The number of rotatable bonds is 41. The number of unbranched alkanes of at least 4 members (excludes halogenated alkanes) is 24. The van der Waals surface area contributed by atoms with Crippen molar-refractivity contribution in [2.24, 2.45) is 0 Å². The zero-order valence-electron chi connectivity index (χ0n) is 35.5. The molecule has 0 heterocycles. The maximum atomic E-state index is 9.61. The van der Waals surface area contributed by atoms with Gasteiger partial charge in [0.25, 0.3) is 0 Å². The average molecular weight is 776 g/mol. The third kappa shape index (κ3) is 49.2. The second kappa shape index (κ2) is 43.9. The molecule has 0 radical (unpaired) electrons. The van der Waals surface area contributed by atoms with E-state index in [1.165, 1.54) is 180 Å². The monoisotopic (exact) mass is 776 g/mol. The summed E-state index contributed by atoms with van der Waals surface area (Å²) in [5.41, 5.74) is 0. The standard InChI is InChI=1S/C43H86NO3.CH4O4S/c1-4-6-8-10-12-14-16-18-20-22-24-26-28-30-32-34-40-46-42-37-44(3,36-39-45)38-43-47-41-35-33-31-29-27-25-23-21-19-17-15-13-11-9-7-5-2;1-5-6(2,3)4/h18-21,45H,4-17,22-43H2,1-3H3;1H3,(H,2,3,4)/q+1;/p-1/b20-18-,21-19-;. The fraction of sp³-hybridized carbons (Fsp3) is 0.909. The minimum absolute atomic E-state index is 0.223. The predicted molar refractivity (Wildman–Crippen MR) is 225 cm³/mol. The van der Waals surface area contributed by atoms with Crippen LogP contribution in [0, 0.1) is 0 Å². The predicted octanol–water partition coefficient (Wildman–Crippen LogP) is 11.6. The second-order valence-electron chi connectivity index (χ2n) is 15.2. The van der Waals surface area contributed by atoms with Gasteiger partial charge in [0.2, 0.25) is 10.4 Å². The molecule has 0 aromatic heterocycles. The van der Waals surface area contributed by atoms with Crippen LogP contribution in [-0.4, -0.2) is 89.4 Å². The molecule has 0 spiro atoms. The van der Waals surface area contributed by atoms with Crippen LogP contribution in [0.15, 0.2) is 24.3 Å². The van der Waals surface area contributed by atoms with E-state index in [0.717, 1.165) is 57.7 Å². The van der Waals surface area contributed by atoms with Gasteiger partial charge < -0.3 is 23.6 Å². The van der Waals surface area contributed by atoms with Crippen molar-refractivity contribution in [1.82, 2.24) is 0 Å². The zero-order valence-corrected chi connectivity index (χ0v) is 36.3. The molecule has 318 valence electrons. The molecule has 53 heavy (non-hydrogen) atoms. The summed E-state index contributed by atoms with van der Waals surface area (Å²) in [6, 6.07) is 0. The van der Waals surface area contributed by atoms with Crippen LogP contribution in [0.5, 0.6) is 0 Å². The third-order valence-electron chi connectivity index (χ3n) is 10.00. The van der Waals surface area contributed by atoms with Crippen molar-refractivity contribution in [1.29, 1.82) is 0 Å². The molecule has 0 bridgehead atoms. The molecule has 0 aliphatic carbocycles. The first-order chi connectivity index (χ1) is 25.7. The molecule has 0 aliphatic rings. The Labute approximate surface area is 330 Å². The van der Waals surface area contributed by atoms with Gasteiger partial charge in [-0.25, -0.2) is 8.42 Å². The van der Waals surface area contributed by atoms with Crippen molar-refractivity contribution in [3.63, 3.8) is 0 Å². The molecular formula is C44H89NO7S. The van der Waals surface area contributed by atoms with Gasteiger partial charge in [0.05, 0.1) is 34.0 Å². The minimum atomic E-state index is -4.41. The van der Waals surface area contributed by atoms with Crippen LogP contribution in [0.2, 0.25) is 0 Å². The van der Waals surface area contributed by atoms with Gasteiger partial charge in [-0.1, -0.05) is 154 Å². The van der Waals surface area contributed by atoms with E-state index in [9.17, 15) is 18.1 Å². The van der Waals surface area contributed by atoms with E-state index in [2.05, 4.69) is 49.4 Å². The van der Waals surface area contributed by atoms with Crippen LogP contribution >= 0.6 is 0 Å². The van der Waals surface area contributed by atoms with Crippen LogP contribution in [-0.2, 0) is 24.1 Å². The second-order valence-corrected chi connectivity index (χ2v) is 16.3. The molecule has 0 aliphatic heterocycles. The Balaban J connectivity index is 0. The van der Waals surface area contributed by atoms with Gasteiger partial charge in [-0.15, -0.1) is 0 Å². The molecule has 0 rings (SSSR count). The molecule has 0 aromatic carbocycles. The van der Waals surface area contributed by atoms with E-state index in [0.29, 0.717) is 0 Å². The van der Waals surface area contributed by atoms with E-state index < -0.39 is 10.4 Å². The molecule has 0 saturated heterocycles. The van der Waals surface area contributed by atoms with Crippen LogP contribution in [0.4, 0.5) is 0 Å². The number of nitrogens with zero attached hydrogens (tertiary/aromatic N) is 1. The van der Waals surface area contributed by atoms with E-state index in [1.807, 2.05) is 0 Å². The lowest BCUT2D eigenvalue weighted by Gasteiger charge is -2.33.